The molecule has 0 bridgehead atoms. The van der Waals surface area contributed by atoms with E-state index in [0.29, 0.717) is 0 Å². The molecule has 0 heterocycles. The van der Waals surface area contributed by atoms with E-state index in [1.807, 2.05) is 0 Å². The molecule has 3 heteroatoms. The van der Waals surface area contributed by atoms with E-state index in [4.69, 9.17) is 0 Å². The maximum atomic E-state index is 2.31. The molecule has 2 aromatic carbocycles. The van der Waals surface area contributed by atoms with Gasteiger partial charge in [-0.3, -0.25) is 0 Å². The molecule has 88 valence electrons. The van der Waals surface area contributed by atoms with Crippen LogP contribution >= 0.6 is 24.8 Å². The van der Waals surface area contributed by atoms with Gasteiger partial charge in [0.2, 0.25) is 0 Å². The first-order valence-electron chi connectivity index (χ1n) is 5.04. The number of aryl methyl sites for hydroxylation is 1. The first kappa shape index (κ1) is 18.7. The van der Waals surface area contributed by atoms with Crippen LogP contribution in [0.3, 0.4) is 0 Å². The second kappa shape index (κ2) is 9.34. The van der Waals surface area contributed by atoms with Gasteiger partial charge < -0.3 is 0 Å². The summed E-state index contributed by atoms with van der Waals surface area (Å²) < 4.78 is 0. The van der Waals surface area contributed by atoms with Gasteiger partial charge in [-0.1, -0.05) is 25.8 Å². The maximum Gasteiger partial charge on any atom is 0 e. The largest absolute Gasteiger partial charge is 0.165 e. The van der Waals surface area contributed by atoms with Gasteiger partial charge in [-0.15, -0.1) is 65.4 Å². The Bertz CT molecular complexity index is 362. The zero-order valence-corrected chi connectivity index (χ0v) is 13.5. The molecule has 0 saturated heterocycles. The molecule has 0 nitrogen and oxygen atoms in total. The molecule has 0 N–H and O–H groups in total. The molecular formula is C13H17Cl2Zr-. The summed E-state index contributed by atoms with van der Waals surface area (Å²) in [7, 11) is 0. The van der Waals surface area contributed by atoms with Gasteiger partial charge in [-0.25, -0.2) is 0 Å². The molecule has 2 rings (SSSR count). The summed E-state index contributed by atoms with van der Waals surface area (Å²) in [4.78, 5) is 0. The Morgan fingerprint density at radius 2 is 1.81 bits per heavy atom. The minimum absolute atomic E-state index is 0. The van der Waals surface area contributed by atoms with E-state index in [0.717, 1.165) is 0 Å². The van der Waals surface area contributed by atoms with Crippen LogP contribution in [0.1, 0.15) is 25.3 Å². The Kier molecular flexibility index (Phi) is 10.9. The zero-order chi connectivity index (χ0) is 9.10. The van der Waals surface area contributed by atoms with E-state index >= 15 is 0 Å². The van der Waals surface area contributed by atoms with Crippen molar-refractivity contribution in [1.29, 1.82) is 0 Å². The predicted octanol–water partition coefficient (Wildman–Crippen LogP) is 4.74. The van der Waals surface area contributed by atoms with Crippen LogP contribution in [-0.2, 0) is 32.6 Å². The van der Waals surface area contributed by atoms with E-state index in [-0.39, 0.29) is 51.0 Å². The number of hydrogen-bond donors (Lipinski definition) is 0. The van der Waals surface area contributed by atoms with Crippen molar-refractivity contribution in [2.75, 3.05) is 0 Å². The van der Waals surface area contributed by atoms with Crippen LogP contribution in [-0.4, -0.2) is 0 Å². The van der Waals surface area contributed by atoms with Crippen LogP contribution in [0.2, 0.25) is 0 Å². The molecule has 0 aliphatic heterocycles. The van der Waals surface area contributed by atoms with Gasteiger partial charge >= 0.3 is 0 Å². The molecule has 0 radical (unpaired) electrons. The van der Waals surface area contributed by atoms with Crippen molar-refractivity contribution in [1.82, 2.24) is 0 Å². The summed E-state index contributed by atoms with van der Waals surface area (Å²) >= 11 is 0. The Morgan fingerprint density at radius 3 is 2.44 bits per heavy atom. The van der Waals surface area contributed by atoms with Gasteiger partial charge in [-0.2, -0.15) is 6.07 Å². The Hall–Kier alpha value is 0.293. The number of halogens is 2. The fraction of sp³-hybridized carbons (Fsp3) is 0.308. The zero-order valence-electron chi connectivity index (χ0n) is 9.40. The van der Waals surface area contributed by atoms with Crippen molar-refractivity contribution >= 4 is 35.6 Å². The van der Waals surface area contributed by atoms with Gasteiger partial charge in [0.25, 0.3) is 0 Å². The van der Waals surface area contributed by atoms with Gasteiger partial charge in [0, 0.05) is 26.2 Å². The molecule has 2 aromatic rings. The quantitative estimate of drug-likeness (QED) is 0.711. The summed E-state index contributed by atoms with van der Waals surface area (Å²) in [6, 6.07) is 13.2. The summed E-state index contributed by atoms with van der Waals surface area (Å²) in [6.07, 6.45) is 3.81. The fourth-order valence-corrected chi connectivity index (χ4v) is 1.74. The molecule has 0 aliphatic rings. The molecule has 0 aromatic heterocycles. The minimum atomic E-state index is 0. The van der Waals surface area contributed by atoms with Crippen molar-refractivity contribution in [2.45, 2.75) is 26.2 Å². The molecule has 0 spiro atoms. The number of fused-ring (bicyclic) bond motifs is 1. The summed E-state index contributed by atoms with van der Waals surface area (Å²) in [6.45, 7) is 2.24. The molecule has 0 unspecified atom stereocenters. The fourth-order valence-electron chi connectivity index (χ4n) is 1.74. The van der Waals surface area contributed by atoms with E-state index in [1.54, 1.807) is 0 Å². The third-order valence-corrected chi connectivity index (χ3v) is 2.50. The normalized spacial score (nSPS) is 8.81. The van der Waals surface area contributed by atoms with Crippen molar-refractivity contribution < 1.29 is 26.2 Å². The molecule has 0 aliphatic carbocycles. The molecule has 0 saturated carbocycles. The van der Waals surface area contributed by atoms with Gasteiger partial charge in [0.1, 0.15) is 0 Å². The Morgan fingerprint density at radius 1 is 1.12 bits per heavy atom. The number of benzene rings is 1. The standard InChI is InChI=1S/C13H15.2ClH.Zr/c1-2-3-6-11-9-12-7-4-5-8-13(12)10-11;;;/h4-5,7-10H,2-3,6H2,1H3;2*1H;/q-1;;;. The van der Waals surface area contributed by atoms with Crippen LogP contribution in [0.4, 0.5) is 0 Å². The van der Waals surface area contributed by atoms with Crippen molar-refractivity contribution in [3.63, 3.8) is 0 Å². The first-order chi connectivity index (χ1) is 6.40. The average molecular weight is 335 g/mol. The Labute approximate surface area is 129 Å². The van der Waals surface area contributed by atoms with E-state index in [9.17, 15) is 0 Å². The summed E-state index contributed by atoms with van der Waals surface area (Å²) in [5, 5.41) is 2.77. The number of rotatable bonds is 3. The molecule has 0 atom stereocenters. The Balaban J connectivity index is 0. The van der Waals surface area contributed by atoms with Gasteiger partial charge in [-0.05, 0) is 6.42 Å². The topological polar surface area (TPSA) is 0 Å². The van der Waals surface area contributed by atoms with Gasteiger partial charge in [0.15, 0.2) is 0 Å². The smallest absolute Gasteiger partial charge is 0 e. The van der Waals surface area contributed by atoms with E-state index in [2.05, 4.69) is 43.3 Å². The van der Waals surface area contributed by atoms with Crippen LogP contribution < -0.4 is 0 Å². The number of hydrogen-bond acceptors (Lipinski definition) is 0. The first-order valence-corrected chi connectivity index (χ1v) is 5.04. The summed E-state index contributed by atoms with van der Waals surface area (Å²) in [5.74, 6) is 0. The summed E-state index contributed by atoms with van der Waals surface area (Å²) in [5.41, 5.74) is 1.49. The molecule has 0 fully saturated rings. The molecule has 16 heavy (non-hydrogen) atoms. The molecule has 0 amide bonds. The van der Waals surface area contributed by atoms with Crippen molar-refractivity contribution in [3.05, 3.63) is 42.0 Å². The monoisotopic (exact) mass is 333 g/mol. The van der Waals surface area contributed by atoms with E-state index in [1.165, 1.54) is 35.6 Å². The van der Waals surface area contributed by atoms with Crippen LogP contribution in [0, 0.1) is 0 Å². The predicted molar refractivity (Wildman–Crippen MR) is 72.6 cm³/mol. The van der Waals surface area contributed by atoms with Crippen molar-refractivity contribution in [2.24, 2.45) is 0 Å². The van der Waals surface area contributed by atoms with Crippen LogP contribution in [0.5, 0.6) is 0 Å². The average Bonchev–Trinajstić information content (AvgIpc) is 2.57. The molecular weight excluding hydrogens is 318 g/mol. The maximum absolute atomic E-state index is 2.31. The second-order valence-electron chi connectivity index (χ2n) is 3.60. The third kappa shape index (κ3) is 4.66. The van der Waals surface area contributed by atoms with Crippen LogP contribution in [0.15, 0.2) is 36.4 Å². The second-order valence-corrected chi connectivity index (χ2v) is 3.60. The number of unbranched alkanes of at least 4 members (excludes halogenated alkanes) is 1. The van der Waals surface area contributed by atoms with E-state index < -0.39 is 0 Å². The third-order valence-electron chi connectivity index (χ3n) is 2.50. The van der Waals surface area contributed by atoms with Crippen LogP contribution in [0.25, 0.3) is 10.8 Å². The minimum Gasteiger partial charge on any atom is -0.165 e. The van der Waals surface area contributed by atoms with Crippen molar-refractivity contribution in [3.8, 4) is 0 Å². The SMILES string of the molecule is CCCCc1cc2ccccc2[cH-]1.Cl.Cl.[Zr]. The van der Waals surface area contributed by atoms with Gasteiger partial charge in [0.05, 0.1) is 0 Å².